The molecule has 144 valence electrons. The summed E-state index contributed by atoms with van der Waals surface area (Å²) in [5.41, 5.74) is 1.95. The van der Waals surface area contributed by atoms with Crippen LogP contribution in [-0.2, 0) is 0 Å². The summed E-state index contributed by atoms with van der Waals surface area (Å²) in [6.07, 6.45) is 4.59. The zero-order chi connectivity index (χ0) is 19.8. The molecule has 0 aliphatic heterocycles. The van der Waals surface area contributed by atoms with Gasteiger partial charge in [0, 0.05) is 6.20 Å². The van der Waals surface area contributed by atoms with E-state index in [1.807, 2.05) is 30.3 Å². The first kappa shape index (κ1) is 17.1. The average Bonchev–Trinajstić information content (AvgIpc) is 3.42. The lowest BCUT2D eigenvalue weighted by Gasteiger charge is -2.21. The van der Waals surface area contributed by atoms with Crippen molar-refractivity contribution in [1.82, 2.24) is 34.1 Å². The third-order valence-electron chi connectivity index (χ3n) is 4.63. The molecule has 10 nitrogen and oxygen atoms in total. The Hall–Kier alpha value is -4.05. The van der Waals surface area contributed by atoms with Crippen LogP contribution in [-0.4, -0.2) is 45.8 Å². The summed E-state index contributed by atoms with van der Waals surface area (Å²) < 4.78 is 3.00. The van der Waals surface area contributed by atoms with E-state index >= 15 is 0 Å². The van der Waals surface area contributed by atoms with Gasteiger partial charge in [0.2, 0.25) is 0 Å². The Balaban J connectivity index is 1.70. The molecule has 0 aliphatic carbocycles. The second-order valence-electron chi connectivity index (χ2n) is 6.38. The minimum atomic E-state index is -0.712. The van der Waals surface area contributed by atoms with Crippen LogP contribution in [0.25, 0.3) is 22.4 Å². The number of fused-ring (bicyclic) bond motifs is 2. The third-order valence-corrected chi connectivity index (χ3v) is 4.63. The predicted octanol–water partition coefficient (Wildman–Crippen LogP) is 1.30. The largest absolute Gasteiger partial charge is 0.394 e. The number of aromatic amines is 1. The van der Waals surface area contributed by atoms with Crippen molar-refractivity contribution >= 4 is 22.5 Å². The van der Waals surface area contributed by atoms with Crippen molar-refractivity contribution in [3.63, 3.8) is 0 Å². The quantitative estimate of drug-likeness (QED) is 0.414. The highest BCUT2D eigenvalue weighted by Gasteiger charge is 2.22. The van der Waals surface area contributed by atoms with Crippen LogP contribution >= 0.6 is 0 Å². The van der Waals surface area contributed by atoms with Gasteiger partial charge in [0.05, 0.1) is 18.6 Å². The lowest BCUT2D eigenvalue weighted by Crippen LogP contribution is -2.31. The van der Waals surface area contributed by atoms with E-state index in [9.17, 15) is 9.90 Å². The number of aromatic nitrogens is 7. The van der Waals surface area contributed by atoms with Gasteiger partial charge in [-0.2, -0.15) is 5.10 Å². The molecular weight excluding hydrogens is 372 g/mol. The Morgan fingerprint density at radius 3 is 2.79 bits per heavy atom. The maximum atomic E-state index is 13.2. The molecule has 4 heterocycles. The number of para-hydroxylation sites is 1. The maximum absolute atomic E-state index is 13.2. The first-order valence-electron chi connectivity index (χ1n) is 8.93. The first-order valence-corrected chi connectivity index (χ1v) is 8.93. The van der Waals surface area contributed by atoms with Crippen molar-refractivity contribution in [2.75, 3.05) is 11.9 Å². The van der Waals surface area contributed by atoms with Gasteiger partial charge >= 0.3 is 0 Å². The number of rotatable bonds is 5. The number of anilines is 1. The Labute approximate surface area is 163 Å². The van der Waals surface area contributed by atoms with E-state index in [2.05, 4.69) is 30.4 Å². The number of hydrogen-bond acceptors (Lipinski definition) is 7. The fourth-order valence-electron chi connectivity index (χ4n) is 3.29. The fraction of sp³-hybridized carbons (Fsp3) is 0.105. The van der Waals surface area contributed by atoms with Gasteiger partial charge in [-0.25, -0.2) is 19.5 Å². The Kier molecular flexibility index (Phi) is 4.03. The van der Waals surface area contributed by atoms with Gasteiger partial charge in [0.15, 0.2) is 17.3 Å². The normalized spacial score (nSPS) is 12.4. The minimum absolute atomic E-state index is 0.235. The Bertz CT molecular complexity index is 1360. The number of H-pyrrole nitrogens is 1. The van der Waals surface area contributed by atoms with Crippen LogP contribution < -0.4 is 10.9 Å². The van der Waals surface area contributed by atoms with Gasteiger partial charge in [0.25, 0.3) is 5.56 Å². The number of benzene rings is 1. The van der Waals surface area contributed by atoms with Crippen molar-refractivity contribution < 1.29 is 5.11 Å². The zero-order valence-electron chi connectivity index (χ0n) is 15.1. The molecule has 1 aromatic carbocycles. The number of nitrogens with zero attached hydrogens (tertiary/aromatic N) is 6. The highest BCUT2D eigenvalue weighted by molar-refractivity contribution is 5.82. The van der Waals surface area contributed by atoms with E-state index in [1.165, 1.54) is 21.7 Å². The van der Waals surface area contributed by atoms with E-state index in [0.717, 1.165) is 0 Å². The van der Waals surface area contributed by atoms with Gasteiger partial charge in [-0.1, -0.05) is 18.2 Å². The summed E-state index contributed by atoms with van der Waals surface area (Å²) in [6.45, 7) is -0.314. The van der Waals surface area contributed by atoms with Crippen LogP contribution in [0.2, 0.25) is 0 Å². The molecule has 0 spiro atoms. The summed E-state index contributed by atoms with van der Waals surface area (Å²) in [6, 6.07) is 11.9. The van der Waals surface area contributed by atoms with Gasteiger partial charge in [-0.15, -0.1) is 0 Å². The van der Waals surface area contributed by atoms with E-state index < -0.39 is 6.04 Å². The smallest absolute Gasteiger partial charge is 0.282 e. The molecule has 0 saturated carbocycles. The van der Waals surface area contributed by atoms with Gasteiger partial charge in [-0.3, -0.25) is 9.36 Å². The lowest BCUT2D eigenvalue weighted by molar-refractivity contribution is 0.269. The van der Waals surface area contributed by atoms with Gasteiger partial charge < -0.3 is 15.4 Å². The van der Waals surface area contributed by atoms with E-state index in [0.29, 0.717) is 34.0 Å². The topological polar surface area (TPSA) is 126 Å². The molecule has 29 heavy (non-hydrogen) atoms. The van der Waals surface area contributed by atoms with Crippen molar-refractivity contribution in [2.45, 2.75) is 6.04 Å². The number of aliphatic hydroxyl groups excluding tert-OH is 1. The number of hydrogen-bond donors (Lipinski definition) is 3. The molecule has 3 N–H and O–H groups in total. The number of nitrogens with one attached hydrogen (secondary N) is 2. The third kappa shape index (κ3) is 2.82. The highest BCUT2D eigenvalue weighted by atomic mass is 16.3. The summed E-state index contributed by atoms with van der Waals surface area (Å²) >= 11 is 0. The molecule has 0 amide bonds. The molecule has 5 aromatic rings. The molecular formula is C19H16N8O2. The van der Waals surface area contributed by atoms with Crippen molar-refractivity contribution in [2.24, 2.45) is 0 Å². The highest BCUT2D eigenvalue weighted by Crippen LogP contribution is 2.22. The van der Waals surface area contributed by atoms with E-state index in [4.69, 9.17) is 0 Å². The minimum Gasteiger partial charge on any atom is -0.394 e. The van der Waals surface area contributed by atoms with Crippen molar-refractivity contribution in [3.05, 3.63) is 77.5 Å². The summed E-state index contributed by atoms with van der Waals surface area (Å²) in [5, 5.41) is 17.9. The molecule has 0 saturated heterocycles. The second kappa shape index (κ2) is 6.84. The SMILES string of the molecule is O=c1c2cccn2nc([C@H](CO)Nc2ncnc3nc[nH]c23)n1-c1ccccc1. The molecule has 1 atom stereocenters. The van der Waals surface area contributed by atoms with Crippen molar-refractivity contribution in [1.29, 1.82) is 0 Å². The zero-order valence-corrected chi connectivity index (χ0v) is 15.1. The average molecular weight is 388 g/mol. The maximum Gasteiger partial charge on any atom is 0.282 e. The van der Waals surface area contributed by atoms with Gasteiger partial charge in [-0.05, 0) is 24.3 Å². The Morgan fingerprint density at radius 1 is 1.10 bits per heavy atom. The molecule has 0 unspecified atom stereocenters. The van der Waals surface area contributed by atoms with Crippen LogP contribution in [0.4, 0.5) is 5.82 Å². The number of imidazole rings is 1. The molecule has 5 rings (SSSR count). The van der Waals surface area contributed by atoms with Crippen LogP contribution in [0.15, 0.2) is 66.1 Å². The first-order chi connectivity index (χ1) is 14.3. The second-order valence-corrected chi connectivity index (χ2v) is 6.38. The Morgan fingerprint density at radius 2 is 1.97 bits per heavy atom. The van der Waals surface area contributed by atoms with Crippen molar-refractivity contribution in [3.8, 4) is 5.69 Å². The summed E-state index contributed by atoms with van der Waals surface area (Å²) in [5.74, 6) is 0.798. The van der Waals surface area contributed by atoms with Crippen LogP contribution in [0.1, 0.15) is 11.9 Å². The summed E-state index contributed by atoms with van der Waals surface area (Å²) in [7, 11) is 0. The summed E-state index contributed by atoms with van der Waals surface area (Å²) in [4.78, 5) is 28.6. The molecule has 0 radical (unpaired) electrons. The lowest BCUT2D eigenvalue weighted by atomic mass is 10.2. The van der Waals surface area contributed by atoms with Crippen LogP contribution in [0.3, 0.4) is 0 Å². The van der Waals surface area contributed by atoms with Crippen LogP contribution in [0.5, 0.6) is 0 Å². The predicted molar refractivity (Wildman–Crippen MR) is 106 cm³/mol. The molecule has 0 bridgehead atoms. The van der Waals surface area contributed by atoms with E-state index in [-0.39, 0.29) is 12.2 Å². The van der Waals surface area contributed by atoms with Crippen LogP contribution in [0, 0.1) is 0 Å². The molecule has 4 aromatic heterocycles. The molecule has 0 aliphatic rings. The monoisotopic (exact) mass is 388 g/mol. The fourth-order valence-corrected chi connectivity index (χ4v) is 3.29. The number of aliphatic hydroxyl groups is 1. The molecule has 10 heteroatoms. The van der Waals surface area contributed by atoms with Gasteiger partial charge in [0.1, 0.15) is 23.4 Å². The van der Waals surface area contributed by atoms with E-state index in [1.54, 1.807) is 18.3 Å². The molecule has 0 fully saturated rings. The standard InChI is InChI=1S/C19H16N8O2/c28-9-13(24-17-15-16(21-10-20-15)22-11-23-17)18-25-26-8-4-7-14(26)19(29)27(18)12-5-2-1-3-6-12/h1-8,10-11,13,28H,9H2,(H2,20,21,22,23,24)/t13-/m0/s1.